The first kappa shape index (κ1) is 25.3. The van der Waals surface area contributed by atoms with Crippen molar-refractivity contribution in [3.8, 4) is 11.3 Å². The van der Waals surface area contributed by atoms with Gasteiger partial charge in [0.05, 0.1) is 16.9 Å². The van der Waals surface area contributed by atoms with Gasteiger partial charge in [0.1, 0.15) is 4.88 Å². The summed E-state index contributed by atoms with van der Waals surface area (Å²) in [6.07, 6.45) is 10.1. The number of nitrogens with zero attached hydrogens (tertiary/aromatic N) is 3. The van der Waals surface area contributed by atoms with Crippen molar-refractivity contribution in [1.82, 2.24) is 20.3 Å². The quantitative estimate of drug-likeness (QED) is 0.393. The maximum Gasteiger partial charge on any atom is 0.263 e. The molecule has 186 valence electrons. The van der Waals surface area contributed by atoms with Crippen molar-refractivity contribution >= 4 is 23.2 Å². The highest BCUT2D eigenvalue weighted by atomic mass is 32.1. The molecule has 1 aliphatic carbocycles. The lowest BCUT2D eigenvalue weighted by Crippen LogP contribution is -2.28. The molecule has 0 aliphatic heterocycles. The van der Waals surface area contributed by atoms with E-state index in [1.54, 1.807) is 6.20 Å². The van der Waals surface area contributed by atoms with Crippen LogP contribution in [0.2, 0.25) is 0 Å². The normalized spacial score (nSPS) is 15.6. The third kappa shape index (κ3) is 6.45. The van der Waals surface area contributed by atoms with Crippen molar-refractivity contribution in [3.63, 3.8) is 0 Å². The van der Waals surface area contributed by atoms with Crippen LogP contribution in [0.25, 0.3) is 11.3 Å². The Morgan fingerprint density at radius 2 is 1.91 bits per heavy atom. The zero-order valence-electron chi connectivity index (χ0n) is 21.5. The molecule has 0 radical (unpaired) electrons. The Labute approximate surface area is 213 Å². The Morgan fingerprint density at radius 3 is 2.60 bits per heavy atom. The van der Waals surface area contributed by atoms with E-state index in [0.29, 0.717) is 29.3 Å². The fourth-order valence-electron chi connectivity index (χ4n) is 4.59. The number of rotatable bonds is 7. The van der Waals surface area contributed by atoms with Crippen LogP contribution >= 0.6 is 11.3 Å². The molecule has 7 heteroatoms. The minimum absolute atomic E-state index is 0.0556. The summed E-state index contributed by atoms with van der Waals surface area (Å²) < 4.78 is 0. The Balaban J connectivity index is 1.39. The number of benzene rings is 1. The van der Waals surface area contributed by atoms with Gasteiger partial charge in [0.15, 0.2) is 0 Å². The molecule has 1 aromatic carbocycles. The highest BCUT2D eigenvalue weighted by Gasteiger charge is 2.21. The van der Waals surface area contributed by atoms with Crippen LogP contribution in [0.1, 0.15) is 85.6 Å². The van der Waals surface area contributed by atoms with Gasteiger partial charge in [-0.25, -0.2) is 15.0 Å². The van der Waals surface area contributed by atoms with Gasteiger partial charge in [0, 0.05) is 29.8 Å². The Kier molecular flexibility index (Phi) is 7.85. The van der Waals surface area contributed by atoms with Crippen molar-refractivity contribution in [2.45, 2.75) is 84.7 Å². The number of hydrogen-bond acceptors (Lipinski definition) is 6. The van der Waals surface area contributed by atoms with E-state index in [1.807, 2.05) is 12.3 Å². The topological polar surface area (TPSA) is 79.8 Å². The Hall–Kier alpha value is -2.80. The second-order valence-corrected chi connectivity index (χ2v) is 11.7. The molecule has 1 unspecified atom stereocenters. The summed E-state index contributed by atoms with van der Waals surface area (Å²) >= 11 is 1.46. The molecule has 0 saturated heterocycles. The molecule has 0 bridgehead atoms. The number of nitrogens with one attached hydrogen (secondary N) is 2. The minimum atomic E-state index is -0.0833. The van der Waals surface area contributed by atoms with Crippen molar-refractivity contribution < 1.29 is 4.79 Å². The van der Waals surface area contributed by atoms with E-state index >= 15 is 0 Å². The first-order chi connectivity index (χ1) is 16.7. The van der Waals surface area contributed by atoms with E-state index in [-0.39, 0.29) is 11.3 Å². The molecule has 35 heavy (non-hydrogen) atoms. The molecule has 2 N–H and O–H groups in total. The third-order valence-electron chi connectivity index (χ3n) is 6.82. The summed E-state index contributed by atoms with van der Waals surface area (Å²) in [5, 5.41) is 7.54. The van der Waals surface area contributed by atoms with Gasteiger partial charge in [-0.2, -0.15) is 0 Å². The second-order valence-electron chi connectivity index (χ2n) is 10.7. The number of carbonyl (C=O) groups excluding carboxylic acids is 1. The minimum Gasteiger partial charge on any atom is -0.351 e. The molecule has 1 fully saturated rings. The molecule has 1 aliphatic rings. The number of aromatic nitrogens is 3. The molecular weight excluding hydrogens is 454 g/mol. The van der Waals surface area contributed by atoms with Crippen LogP contribution in [0.3, 0.4) is 0 Å². The number of amides is 1. The lowest BCUT2D eigenvalue weighted by Gasteiger charge is -2.28. The first-order valence-corrected chi connectivity index (χ1v) is 13.5. The van der Waals surface area contributed by atoms with Crippen LogP contribution in [-0.2, 0) is 12.0 Å². The van der Waals surface area contributed by atoms with Crippen molar-refractivity contribution in [3.05, 3.63) is 57.7 Å². The largest absolute Gasteiger partial charge is 0.351 e. The fraction of sp³-hybridized carbons (Fsp3) is 0.500. The van der Waals surface area contributed by atoms with Gasteiger partial charge in [0.25, 0.3) is 5.91 Å². The summed E-state index contributed by atoms with van der Waals surface area (Å²) in [7, 11) is 0. The summed E-state index contributed by atoms with van der Waals surface area (Å²) in [6.45, 7) is 11.1. The zero-order valence-corrected chi connectivity index (χ0v) is 22.3. The monoisotopic (exact) mass is 491 g/mol. The lowest BCUT2D eigenvalue weighted by atomic mass is 9.85. The van der Waals surface area contributed by atoms with Crippen molar-refractivity contribution in [1.29, 1.82) is 0 Å². The highest BCUT2D eigenvalue weighted by molar-refractivity contribution is 7.13. The molecule has 4 rings (SSSR count). The molecule has 1 saturated carbocycles. The average Bonchev–Trinajstić information content (AvgIpc) is 3.35. The maximum atomic E-state index is 12.6. The molecule has 1 atom stereocenters. The van der Waals surface area contributed by atoms with E-state index in [9.17, 15) is 4.79 Å². The SMILES string of the molecule is Cc1cc(-c2ccnc(NC(C)C3CCCCC3)n2)ccc1CNC(=O)c1cnc(C(C)(C)C)s1. The van der Waals surface area contributed by atoms with E-state index in [0.717, 1.165) is 27.4 Å². The van der Waals surface area contributed by atoms with Gasteiger partial charge in [0.2, 0.25) is 5.95 Å². The number of anilines is 1. The smallest absolute Gasteiger partial charge is 0.263 e. The summed E-state index contributed by atoms with van der Waals surface area (Å²) in [5.74, 6) is 1.30. The van der Waals surface area contributed by atoms with Crippen LogP contribution in [0, 0.1) is 12.8 Å². The molecule has 6 nitrogen and oxygen atoms in total. The average molecular weight is 492 g/mol. The molecule has 3 aromatic rings. The van der Waals surface area contributed by atoms with Gasteiger partial charge in [-0.05, 0) is 55.9 Å². The van der Waals surface area contributed by atoms with Gasteiger partial charge >= 0.3 is 0 Å². The third-order valence-corrected chi connectivity index (χ3v) is 8.24. The summed E-state index contributed by atoms with van der Waals surface area (Å²) in [5.41, 5.74) is 4.09. The molecular formula is C28H37N5OS. The van der Waals surface area contributed by atoms with Crippen molar-refractivity contribution in [2.75, 3.05) is 5.32 Å². The molecule has 1 amide bonds. The van der Waals surface area contributed by atoms with Gasteiger partial charge in [-0.1, -0.05) is 52.2 Å². The molecule has 2 heterocycles. The molecule has 2 aromatic heterocycles. The standard InChI is InChI=1S/C28H37N5OS/c1-18-15-21(23-13-14-29-27(33-23)32-19(2)20-9-7-6-8-10-20)11-12-22(18)16-30-25(34)24-17-31-26(35-24)28(3,4)5/h11-15,17,19-20H,6-10,16H2,1-5H3,(H,30,34)(H,29,32,33). The Bertz CT molecular complexity index is 1160. The first-order valence-electron chi connectivity index (χ1n) is 12.6. The van der Waals surface area contributed by atoms with Crippen LogP contribution in [-0.4, -0.2) is 26.9 Å². The van der Waals surface area contributed by atoms with Gasteiger partial charge in [-0.3, -0.25) is 4.79 Å². The van der Waals surface area contributed by atoms with Crippen LogP contribution in [0.5, 0.6) is 0 Å². The number of carbonyl (C=O) groups is 1. The lowest BCUT2D eigenvalue weighted by molar-refractivity contribution is 0.0954. The zero-order chi connectivity index (χ0) is 25.0. The summed E-state index contributed by atoms with van der Waals surface area (Å²) in [6, 6.07) is 8.58. The van der Waals surface area contributed by atoms with E-state index in [2.05, 4.69) is 73.4 Å². The number of hydrogen-bond donors (Lipinski definition) is 2. The second kappa shape index (κ2) is 10.9. The van der Waals surface area contributed by atoms with Crippen molar-refractivity contribution in [2.24, 2.45) is 5.92 Å². The van der Waals surface area contributed by atoms with E-state index in [4.69, 9.17) is 4.98 Å². The fourth-order valence-corrected chi connectivity index (χ4v) is 5.48. The van der Waals surface area contributed by atoms with Gasteiger partial charge in [-0.15, -0.1) is 11.3 Å². The van der Waals surface area contributed by atoms with Crippen LogP contribution in [0.15, 0.2) is 36.7 Å². The predicted octanol–water partition coefficient (Wildman–Crippen LogP) is 6.52. The van der Waals surface area contributed by atoms with E-state index < -0.39 is 0 Å². The van der Waals surface area contributed by atoms with Crippen LogP contribution < -0.4 is 10.6 Å². The van der Waals surface area contributed by atoms with Gasteiger partial charge < -0.3 is 10.6 Å². The van der Waals surface area contributed by atoms with Crippen LogP contribution in [0.4, 0.5) is 5.95 Å². The maximum absolute atomic E-state index is 12.6. The number of aryl methyl sites for hydroxylation is 1. The van der Waals surface area contributed by atoms with E-state index in [1.165, 1.54) is 43.4 Å². The predicted molar refractivity (Wildman–Crippen MR) is 144 cm³/mol. The Morgan fingerprint density at radius 1 is 1.14 bits per heavy atom. The summed E-state index contributed by atoms with van der Waals surface area (Å²) in [4.78, 5) is 26.9. The highest BCUT2D eigenvalue weighted by Crippen LogP contribution is 2.29. The molecule has 0 spiro atoms. The number of thiazole rings is 1.